The molecule has 5 nitrogen and oxygen atoms in total. The molecule has 1 N–H and O–H groups in total. The molecule has 0 atom stereocenters. The number of benzene rings is 1. The summed E-state index contributed by atoms with van der Waals surface area (Å²) in [6, 6.07) is 7.83. The maximum absolute atomic E-state index is 11.1. The Kier molecular flexibility index (Phi) is 3.14. The van der Waals surface area contributed by atoms with Gasteiger partial charge in [-0.25, -0.2) is 9.48 Å². The fourth-order valence-corrected chi connectivity index (χ4v) is 1.95. The van der Waals surface area contributed by atoms with Gasteiger partial charge >= 0.3 is 5.97 Å². The molecule has 5 heteroatoms. The summed E-state index contributed by atoms with van der Waals surface area (Å²) < 4.78 is 1.48. The summed E-state index contributed by atoms with van der Waals surface area (Å²) in [7, 11) is 1.69. The molecule has 0 unspecified atom stereocenters. The minimum Gasteiger partial charge on any atom is -0.476 e. The molecule has 0 aliphatic carbocycles. The summed E-state index contributed by atoms with van der Waals surface area (Å²) >= 11 is 0. The van der Waals surface area contributed by atoms with Crippen molar-refractivity contribution in [3.63, 3.8) is 0 Å². The molecule has 100 valence electrons. The highest BCUT2D eigenvalue weighted by molar-refractivity contribution is 5.92. The van der Waals surface area contributed by atoms with E-state index in [1.165, 1.54) is 10.2 Å². The first-order valence-electron chi connectivity index (χ1n) is 6.04. The second-order valence-electron chi connectivity index (χ2n) is 5.54. The summed E-state index contributed by atoms with van der Waals surface area (Å²) in [4.78, 5) is 11.1. The topological polar surface area (TPSA) is 68.0 Å². The van der Waals surface area contributed by atoms with Crippen molar-refractivity contribution in [3.8, 4) is 11.3 Å². The number of aryl methyl sites for hydroxylation is 1. The highest BCUT2D eigenvalue weighted by Gasteiger charge is 2.20. The normalized spacial score (nSPS) is 11.6. The molecule has 0 bridgehead atoms. The summed E-state index contributed by atoms with van der Waals surface area (Å²) in [5.74, 6) is -1.07. The van der Waals surface area contributed by atoms with Crippen molar-refractivity contribution in [3.05, 3.63) is 35.5 Å². The lowest BCUT2D eigenvalue weighted by atomic mass is 9.86. The molecule has 0 aliphatic heterocycles. The number of aromatic nitrogens is 3. The van der Waals surface area contributed by atoms with Gasteiger partial charge < -0.3 is 5.11 Å². The standard InChI is InChI=1S/C14H17N3O2/c1-14(2,3)10-7-5-9(6-8-10)12-11(13(18)19)15-16-17(12)4/h5-8H,1-4H3,(H,18,19). The average Bonchev–Trinajstić information content (AvgIpc) is 2.70. The zero-order chi connectivity index (χ0) is 14.2. The van der Waals surface area contributed by atoms with Crippen LogP contribution in [0.1, 0.15) is 36.8 Å². The van der Waals surface area contributed by atoms with E-state index in [9.17, 15) is 4.79 Å². The minimum absolute atomic E-state index is 0.0222. The number of carbonyl (C=O) groups is 1. The van der Waals surface area contributed by atoms with Crippen LogP contribution in [0.15, 0.2) is 24.3 Å². The second-order valence-corrected chi connectivity index (χ2v) is 5.54. The van der Waals surface area contributed by atoms with Gasteiger partial charge in [0.25, 0.3) is 0 Å². The van der Waals surface area contributed by atoms with E-state index in [4.69, 9.17) is 5.11 Å². The lowest BCUT2D eigenvalue weighted by molar-refractivity contribution is 0.0691. The van der Waals surface area contributed by atoms with Gasteiger partial charge in [-0.2, -0.15) is 0 Å². The number of hydrogen-bond donors (Lipinski definition) is 1. The van der Waals surface area contributed by atoms with Crippen LogP contribution in [-0.2, 0) is 12.5 Å². The van der Waals surface area contributed by atoms with Crippen LogP contribution in [0.3, 0.4) is 0 Å². The molecule has 0 fully saturated rings. The molecule has 2 aromatic rings. The van der Waals surface area contributed by atoms with Crippen LogP contribution in [0.2, 0.25) is 0 Å². The van der Waals surface area contributed by atoms with E-state index in [-0.39, 0.29) is 11.1 Å². The van der Waals surface area contributed by atoms with Crippen molar-refractivity contribution in [2.24, 2.45) is 7.05 Å². The number of nitrogens with zero attached hydrogens (tertiary/aromatic N) is 3. The van der Waals surface area contributed by atoms with E-state index >= 15 is 0 Å². The van der Waals surface area contributed by atoms with Gasteiger partial charge in [0, 0.05) is 12.6 Å². The number of rotatable bonds is 2. The Balaban J connectivity index is 2.49. The molecule has 0 saturated heterocycles. The number of carboxylic acid groups (broad SMARTS) is 1. The smallest absolute Gasteiger partial charge is 0.358 e. The molecule has 0 spiro atoms. The Bertz CT molecular complexity index is 607. The van der Waals surface area contributed by atoms with Gasteiger partial charge in [-0.15, -0.1) is 5.10 Å². The molecular formula is C14H17N3O2. The van der Waals surface area contributed by atoms with E-state index in [0.717, 1.165) is 5.56 Å². The molecule has 0 saturated carbocycles. The Hall–Kier alpha value is -2.17. The van der Waals surface area contributed by atoms with Crippen LogP contribution in [-0.4, -0.2) is 26.1 Å². The lowest BCUT2D eigenvalue weighted by Crippen LogP contribution is -2.10. The van der Waals surface area contributed by atoms with E-state index in [1.807, 2.05) is 24.3 Å². The van der Waals surface area contributed by atoms with Crippen LogP contribution in [0.25, 0.3) is 11.3 Å². The fraction of sp³-hybridized carbons (Fsp3) is 0.357. The van der Waals surface area contributed by atoms with Gasteiger partial charge in [0.05, 0.1) is 0 Å². The van der Waals surface area contributed by atoms with E-state index in [1.54, 1.807) is 7.05 Å². The largest absolute Gasteiger partial charge is 0.476 e. The molecular weight excluding hydrogens is 242 g/mol. The molecule has 0 aliphatic rings. The maximum atomic E-state index is 11.1. The van der Waals surface area contributed by atoms with Crippen molar-refractivity contribution >= 4 is 5.97 Å². The SMILES string of the molecule is Cn1nnc(C(=O)O)c1-c1ccc(C(C)(C)C)cc1. The predicted molar refractivity (Wildman–Crippen MR) is 72.1 cm³/mol. The third-order valence-electron chi connectivity index (χ3n) is 3.05. The van der Waals surface area contributed by atoms with Gasteiger partial charge in [-0.05, 0) is 11.0 Å². The summed E-state index contributed by atoms with van der Waals surface area (Å²) in [6.45, 7) is 6.41. The molecule has 0 radical (unpaired) electrons. The Morgan fingerprint density at radius 2 is 1.79 bits per heavy atom. The Morgan fingerprint density at radius 3 is 2.26 bits per heavy atom. The maximum Gasteiger partial charge on any atom is 0.358 e. The van der Waals surface area contributed by atoms with Crippen molar-refractivity contribution in [2.75, 3.05) is 0 Å². The molecule has 0 amide bonds. The van der Waals surface area contributed by atoms with Gasteiger partial charge in [-0.3, -0.25) is 0 Å². The van der Waals surface area contributed by atoms with Crippen LogP contribution in [0.5, 0.6) is 0 Å². The predicted octanol–water partition coefficient (Wildman–Crippen LogP) is 2.48. The summed E-state index contributed by atoms with van der Waals surface area (Å²) in [5, 5.41) is 16.6. The first-order chi connectivity index (χ1) is 8.80. The van der Waals surface area contributed by atoms with Crippen molar-refractivity contribution in [2.45, 2.75) is 26.2 Å². The van der Waals surface area contributed by atoms with E-state index in [2.05, 4.69) is 31.1 Å². The van der Waals surface area contributed by atoms with E-state index < -0.39 is 5.97 Å². The lowest BCUT2D eigenvalue weighted by Gasteiger charge is -2.19. The fourth-order valence-electron chi connectivity index (χ4n) is 1.95. The monoisotopic (exact) mass is 259 g/mol. The third-order valence-corrected chi connectivity index (χ3v) is 3.05. The zero-order valence-corrected chi connectivity index (χ0v) is 11.5. The molecule has 1 heterocycles. The highest BCUT2D eigenvalue weighted by Crippen LogP contribution is 2.27. The number of carboxylic acids is 1. The van der Waals surface area contributed by atoms with Crippen LogP contribution < -0.4 is 0 Å². The summed E-state index contributed by atoms with van der Waals surface area (Å²) in [5.41, 5.74) is 2.57. The second kappa shape index (κ2) is 4.50. The average molecular weight is 259 g/mol. The third kappa shape index (κ3) is 2.50. The molecule has 1 aromatic carbocycles. The molecule has 2 rings (SSSR count). The van der Waals surface area contributed by atoms with Gasteiger partial charge in [0.1, 0.15) is 5.69 Å². The van der Waals surface area contributed by atoms with Gasteiger partial charge in [-0.1, -0.05) is 50.3 Å². The Labute approximate surface area is 111 Å². The van der Waals surface area contributed by atoms with Crippen molar-refractivity contribution < 1.29 is 9.90 Å². The zero-order valence-electron chi connectivity index (χ0n) is 11.5. The first kappa shape index (κ1) is 13.3. The molecule has 19 heavy (non-hydrogen) atoms. The van der Waals surface area contributed by atoms with Crippen molar-refractivity contribution in [1.82, 2.24) is 15.0 Å². The van der Waals surface area contributed by atoms with Crippen LogP contribution in [0.4, 0.5) is 0 Å². The highest BCUT2D eigenvalue weighted by atomic mass is 16.4. The quantitative estimate of drug-likeness (QED) is 0.899. The van der Waals surface area contributed by atoms with Crippen LogP contribution >= 0.6 is 0 Å². The number of hydrogen-bond acceptors (Lipinski definition) is 3. The number of aromatic carboxylic acids is 1. The van der Waals surface area contributed by atoms with E-state index in [0.29, 0.717) is 5.69 Å². The van der Waals surface area contributed by atoms with Gasteiger partial charge in [0.15, 0.2) is 5.69 Å². The van der Waals surface area contributed by atoms with Gasteiger partial charge in [0.2, 0.25) is 0 Å². The van der Waals surface area contributed by atoms with Crippen molar-refractivity contribution in [1.29, 1.82) is 0 Å². The summed E-state index contributed by atoms with van der Waals surface area (Å²) in [6.07, 6.45) is 0. The molecule has 1 aromatic heterocycles. The minimum atomic E-state index is -1.07. The van der Waals surface area contributed by atoms with Crippen LogP contribution in [0, 0.1) is 0 Å². The Morgan fingerprint density at radius 1 is 1.21 bits per heavy atom. The first-order valence-corrected chi connectivity index (χ1v) is 6.04.